The van der Waals surface area contributed by atoms with E-state index in [9.17, 15) is 9.59 Å². The molecule has 2 aromatic rings. The normalized spacial score (nSPS) is 16.7. The van der Waals surface area contributed by atoms with Gasteiger partial charge < -0.3 is 10.1 Å². The van der Waals surface area contributed by atoms with Gasteiger partial charge in [0.1, 0.15) is 5.54 Å². The van der Waals surface area contributed by atoms with E-state index in [-0.39, 0.29) is 17.6 Å². The zero-order valence-electron chi connectivity index (χ0n) is 12.9. The van der Waals surface area contributed by atoms with E-state index in [1.165, 1.54) is 7.11 Å². The van der Waals surface area contributed by atoms with Crippen molar-refractivity contribution in [2.75, 3.05) is 7.11 Å². The van der Waals surface area contributed by atoms with Crippen molar-refractivity contribution in [2.45, 2.75) is 37.6 Å². The van der Waals surface area contributed by atoms with Gasteiger partial charge in [-0.05, 0) is 30.4 Å². The van der Waals surface area contributed by atoms with Crippen molar-refractivity contribution in [2.24, 2.45) is 0 Å². The number of thiophene rings is 1. The van der Waals surface area contributed by atoms with Gasteiger partial charge in [-0.15, -0.1) is 11.3 Å². The molecule has 1 aliphatic carbocycles. The number of methoxy groups -OCH3 is 1. The number of carbonyl (C=O) groups is 2. The van der Waals surface area contributed by atoms with Crippen LogP contribution < -0.4 is 5.32 Å². The zero-order chi connectivity index (χ0) is 16.3. The van der Waals surface area contributed by atoms with Crippen LogP contribution in [-0.4, -0.2) is 34.7 Å². The number of carbonyl (C=O) groups excluding carboxylic acids is 2. The number of nitrogens with zero attached hydrogens (tertiary/aromatic N) is 1. The number of hydrogen-bond donors (Lipinski definition) is 2. The molecule has 0 spiro atoms. The second-order valence-corrected chi connectivity index (χ2v) is 6.68. The Morgan fingerprint density at radius 3 is 2.78 bits per heavy atom. The average molecular weight is 333 g/mol. The molecule has 0 unspecified atom stereocenters. The van der Waals surface area contributed by atoms with Crippen molar-refractivity contribution >= 4 is 23.2 Å². The van der Waals surface area contributed by atoms with Crippen LogP contribution in [0.5, 0.6) is 0 Å². The highest BCUT2D eigenvalue weighted by Gasteiger charge is 2.42. The summed E-state index contributed by atoms with van der Waals surface area (Å²) in [7, 11) is 1.36. The lowest BCUT2D eigenvalue weighted by Gasteiger charge is -2.34. The van der Waals surface area contributed by atoms with E-state index in [0.29, 0.717) is 12.8 Å². The predicted octanol–water partition coefficient (Wildman–Crippen LogP) is 2.74. The maximum absolute atomic E-state index is 12.5. The highest BCUT2D eigenvalue weighted by molar-refractivity contribution is 7.13. The maximum Gasteiger partial charge on any atom is 0.331 e. The quantitative estimate of drug-likeness (QED) is 0.843. The molecule has 0 aliphatic heterocycles. The first-order valence-corrected chi connectivity index (χ1v) is 8.53. The van der Waals surface area contributed by atoms with Gasteiger partial charge in [0.15, 0.2) is 5.69 Å². The number of aromatic amines is 1. The van der Waals surface area contributed by atoms with E-state index >= 15 is 0 Å². The summed E-state index contributed by atoms with van der Waals surface area (Å²) in [6, 6.07) is 5.60. The fourth-order valence-corrected chi connectivity index (χ4v) is 3.70. The number of rotatable bonds is 4. The third-order valence-corrected chi connectivity index (χ3v) is 5.14. The van der Waals surface area contributed by atoms with Crippen LogP contribution in [0.2, 0.25) is 0 Å². The summed E-state index contributed by atoms with van der Waals surface area (Å²) in [6.07, 6.45) is 4.08. The lowest BCUT2D eigenvalue weighted by Crippen LogP contribution is -2.56. The van der Waals surface area contributed by atoms with Gasteiger partial charge in [0.2, 0.25) is 0 Å². The summed E-state index contributed by atoms with van der Waals surface area (Å²) in [5.74, 6) is -0.726. The summed E-state index contributed by atoms with van der Waals surface area (Å²) in [6.45, 7) is 0. The van der Waals surface area contributed by atoms with Crippen LogP contribution in [0.15, 0.2) is 23.6 Å². The minimum Gasteiger partial charge on any atom is -0.467 e. The lowest BCUT2D eigenvalue weighted by molar-refractivity contribution is -0.149. The summed E-state index contributed by atoms with van der Waals surface area (Å²) in [5.41, 5.74) is 0.148. The van der Waals surface area contributed by atoms with Crippen LogP contribution in [0.1, 0.15) is 42.6 Å². The molecule has 23 heavy (non-hydrogen) atoms. The van der Waals surface area contributed by atoms with Crippen LogP contribution in [0, 0.1) is 0 Å². The molecule has 0 saturated heterocycles. The van der Waals surface area contributed by atoms with Crippen molar-refractivity contribution < 1.29 is 14.3 Å². The number of nitrogens with one attached hydrogen (secondary N) is 2. The molecule has 122 valence electrons. The van der Waals surface area contributed by atoms with Gasteiger partial charge in [-0.1, -0.05) is 25.3 Å². The molecular weight excluding hydrogens is 314 g/mol. The summed E-state index contributed by atoms with van der Waals surface area (Å²) in [4.78, 5) is 25.7. The van der Waals surface area contributed by atoms with E-state index in [2.05, 4.69) is 15.5 Å². The molecule has 0 aromatic carbocycles. The predicted molar refractivity (Wildman–Crippen MR) is 87.2 cm³/mol. The molecule has 0 radical (unpaired) electrons. The third-order valence-electron chi connectivity index (χ3n) is 4.23. The van der Waals surface area contributed by atoms with E-state index in [4.69, 9.17) is 4.74 Å². The Bertz CT molecular complexity index is 687. The Morgan fingerprint density at radius 2 is 2.13 bits per heavy atom. The van der Waals surface area contributed by atoms with Crippen molar-refractivity contribution in [3.05, 3.63) is 29.3 Å². The van der Waals surface area contributed by atoms with Crippen LogP contribution >= 0.6 is 11.3 Å². The van der Waals surface area contributed by atoms with Gasteiger partial charge in [0, 0.05) is 0 Å². The fourth-order valence-electron chi connectivity index (χ4n) is 3.01. The minimum atomic E-state index is -0.924. The Hall–Kier alpha value is -2.15. The second kappa shape index (κ2) is 6.54. The molecule has 1 aliphatic rings. The van der Waals surface area contributed by atoms with Crippen LogP contribution in [0.25, 0.3) is 10.6 Å². The van der Waals surface area contributed by atoms with E-state index in [1.54, 1.807) is 17.4 Å². The van der Waals surface area contributed by atoms with Gasteiger partial charge in [-0.3, -0.25) is 9.89 Å². The molecule has 6 nitrogen and oxygen atoms in total. The second-order valence-electron chi connectivity index (χ2n) is 5.73. The summed E-state index contributed by atoms with van der Waals surface area (Å²) >= 11 is 1.57. The number of ether oxygens (including phenoxy) is 1. The monoisotopic (exact) mass is 333 g/mol. The SMILES string of the molecule is COC(=O)C1(NC(=O)c2cc(-c3cccs3)[nH]n2)CCCCC1. The molecule has 2 aromatic heterocycles. The standard InChI is InChI=1S/C16H19N3O3S/c1-22-15(21)16(7-3-2-4-8-16)17-14(20)12-10-11(18-19-12)13-6-5-9-23-13/h5-6,9-10H,2-4,7-8H2,1H3,(H,17,20)(H,18,19). The van der Waals surface area contributed by atoms with Crippen molar-refractivity contribution in [3.8, 4) is 10.6 Å². The molecule has 0 bridgehead atoms. The van der Waals surface area contributed by atoms with Crippen LogP contribution in [-0.2, 0) is 9.53 Å². The van der Waals surface area contributed by atoms with Crippen LogP contribution in [0.3, 0.4) is 0 Å². The summed E-state index contributed by atoms with van der Waals surface area (Å²) < 4.78 is 4.91. The topological polar surface area (TPSA) is 84.1 Å². The molecule has 0 atom stereocenters. The Balaban J connectivity index is 1.78. The zero-order valence-corrected chi connectivity index (χ0v) is 13.7. The van der Waals surface area contributed by atoms with Crippen molar-refractivity contribution in [1.82, 2.24) is 15.5 Å². The summed E-state index contributed by atoms with van der Waals surface area (Å²) in [5, 5.41) is 11.8. The molecule has 7 heteroatoms. The average Bonchev–Trinajstić information content (AvgIpc) is 3.25. The smallest absolute Gasteiger partial charge is 0.331 e. The van der Waals surface area contributed by atoms with E-state index in [1.807, 2.05) is 17.5 Å². The molecule has 2 heterocycles. The first-order chi connectivity index (χ1) is 11.1. The molecule has 1 amide bonds. The van der Waals surface area contributed by atoms with Gasteiger partial charge in [0.25, 0.3) is 5.91 Å². The van der Waals surface area contributed by atoms with Crippen molar-refractivity contribution in [3.63, 3.8) is 0 Å². The number of hydrogen-bond acceptors (Lipinski definition) is 5. The van der Waals surface area contributed by atoms with Gasteiger partial charge >= 0.3 is 5.97 Å². The fraction of sp³-hybridized carbons (Fsp3) is 0.438. The Morgan fingerprint density at radius 1 is 1.35 bits per heavy atom. The number of H-pyrrole nitrogens is 1. The molecular formula is C16H19N3O3S. The maximum atomic E-state index is 12.5. The first kappa shape index (κ1) is 15.7. The molecule has 2 N–H and O–H groups in total. The Kier molecular flexibility index (Phi) is 4.47. The Labute approximate surface area is 138 Å². The highest BCUT2D eigenvalue weighted by atomic mass is 32.1. The van der Waals surface area contributed by atoms with E-state index in [0.717, 1.165) is 29.8 Å². The minimum absolute atomic E-state index is 0.280. The third kappa shape index (κ3) is 3.14. The lowest BCUT2D eigenvalue weighted by atomic mass is 9.81. The van der Waals surface area contributed by atoms with Gasteiger partial charge in [0.05, 0.1) is 17.7 Å². The number of aromatic nitrogens is 2. The first-order valence-electron chi connectivity index (χ1n) is 7.65. The largest absolute Gasteiger partial charge is 0.467 e. The molecule has 1 saturated carbocycles. The van der Waals surface area contributed by atoms with Crippen LogP contribution in [0.4, 0.5) is 0 Å². The van der Waals surface area contributed by atoms with E-state index < -0.39 is 5.54 Å². The van der Waals surface area contributed by atoms with Gasteiger partial charge in [-0.25, -0.2) is 4.79 Å². The molecule has 1 fully saturated rings. The highest BCUT2D eigenvalue weighted by Crippen LogP contribution is 2.30. The number of esters is 1. The van der Waals surface area contributed by atoms with Gasteiger partial charge in [-0.2, -0.15) is 5.10 Å². The number of amides is 1. The van der Waals surface area contributed by atoms with Crippen molar-refractivity contribution in [1.29, 1.82) is 0 Å². The molecule has 3 rings (SSSR count).